The van der Waals surface area contributed by atoms with Crippen molar-refractivity contribution in [2.45, 2.75) is 25.2 Å². The van der Waals surface area contributed by atoms with Crippen LogP contribution in [0.15, 0.2) is 27.6 Å². The lowest BCUT2D eigenvalue weighted by atomic mass is 10.1. The van der Waals surface area contributed by atoms with Crippen molar-refractivity contribution in [1.29, 1.82) is 0 Å². The summed E-state index contributed by atoms with van der Waals surface area (Å²) in [4.78, 5) is 12.2. The highest BCUT2D eigenvalue weighted by atomic mass is 79.9. The number of amides is 1. The van der Waals surface area contributed by atoms with Gasteiger partial charge < -0.3 is 0 Å². The third kappa shape index (κ3) is 2.19. The van der Waals surface area contributed by atoms with Crippen LogP contribution in [0.25, 0.3) is 0 Å². The Morgan fingerprint density at radius 3 is 2.61 bits per heavy atom. The van der Waals surface area contributed by atoms with Crippen molar-refractivity contribution in [2.75, 3.05) is 6.54 Å². The van der Waals surface area contributed by atoms with Gasteiger partial charge in [0, 0.05) is 11.0 Å². The van der Waals surface area contributed by atoms with Crippen LogP contribution in [-0.2, 0) is 10.0 Å². The SMILES string of the molecule is CC(C)CCN1C(=O)c2ccc(Br)cc2S1(=O)=O. The molecule has 1 amide bonds. The summed E-state index contributed by atoms with van der Waals surface area (Å²) in [6, 6.07) is 4.71. The number of carbonyl (C=O) groups is 1. The van der Waals surface area contributed by atoms with E-state index >= 15 is 0 Å². The molecule has 0 fully saturated rings. The molecule has 0 aliphatic carbocycles. The predicted octanol–water partition coefficient (Wildman–Crippen LogP) is 2.64. The van der Waals surface area contributed by atoms with Crippen LogP contribution in [0.1, 0.15) is 30.6 Å². The van der Waals surface area contributed by atoms with Gasteiger partial charge in [-0.15, -0.1) is 0 Å². The predicted molar refractivity (Wildman–Crippen MR) is 71.8 cm³/mol. The minimum atomic E-state index is -3.66. The minimum absolute atomic E-state index is 0.102. The van der Waals surface area contributed by atoms with E-state index in [0.29, 0.717) is 16.8 Å². The molecule has 1 aromatic carbocycles. The maximum atomic E-state index is 12.2. The Morgan fingerprint density at radius 2 is 2.00 bits per heavy atom. The fourth-order valence-corrected chi connectivity index (χ4v) is 3.97. The van der Waals surface area contributed by atoms with Gasteiger partial charge in [-0.2, -0.15) is 0 Å². The van der Waals surface area contributed by atoms with Crippen molar-refractivity contribution in [3.05, 3.63) is 28.2 Å². The summed E-state index contributed by atoms with van der Waals surface area (Å²) < 4.78 is 26.1. The van der Waals surface area contributed by atoms with Crippen molar-refractivity contribution in [2.24, 2.45) is 5.92 Å². The average Bonchev–Trinajstić information content (AvgIpc) is 2.45. The van der Waals surface area contributed by atoms with Gasteiger partial charge in [0.05, 0.1) is 5.56 Å². The number of fused-ring (bicyclic) bond motifs is 1. The number of hydrogen-bond donors (Lipinski definition) is 0. The van der Waals surface area contributed by atoms with Gasteiger partial charge in [0.25, 0.3) is 15.9 Å². The molecule has 0 bridgehead atoms. The molecule has 1 aromatic rings. The number of rotatable bonds is 3. The fourth-order valence-electron chi connectivity index (χ4n) is 1.85. The van der Waals surface area contributed by atoms with Crippen LogP contribution in [-0.4, -0.2) is 25.2 Å². The molecule has 0 radical (unpaired) electrons. The molecule has 1 aliphatic heterocycles. The van der Waals surface area contributed by atoms with Crippen LogP contribution in [0.2, 0.25) is 0 Å². The Labute approximate surface area is 115 Å². The Bertz CT molecular complexity index is 595. The first-order valence-electron chi connectivity index (χ1n) is 5.70. The molecule has 0 spiro atoms. The molecule has 0 N–H and O–H groups in total. The molecule has 0 atom stereocenters. The summed E-state index contributed by atoms with van der Waals surface area (Å²) in [7, 11) is -3.66. The summed E-state index contributed by atoms with van der Waals surface area (Å²) in [5, 5.41) is 0. The first kappa shape index (κ1) is 13.5. The maximum Gasteiger partial charge on any atom is 0.269 e. The molecule has 1 aliphatic rings. The van der Waals surface area contributed by atoms with E-state index in [9.17, 15) is 13.2 Å². The first-order valence-corrected chi connectivity index (χ1v) is 7.94. The molecule has 0 saturated carbocycles. The number of hydrogen-bond acceptors (Lipinski definition) is 3. The fraction of sp³-hybridized carbons (Fsp3) is 0.417. The van der Waals surface area contributed by atoms with E-state index in [1.807, 2.05) is 13.8 Å². The molecular formula is C12H14BrNO3S. The lowest BCUT2D eigenvalue weighted by Crippen LogP contribution is -2.31. The Balaban J connectivity index is 2.42. The van der Waals surface area contributed by atoms with Crippen LogP contribution in [0.3, 0.4) is 0 Å². The van der Waals surface area contributed by atoms with E-state index in [-0.39, 0.29) is 17.0 Å². The molecule has 4 nitrogen and oxygen atoms in total. The highest BCUT2D eigenvalue weighted by Crippen LogP contribution is 2.32. The van der Waals surface area contributed by atoms with Crippen LogP contribution < -0.4 is 0 Å². The second-order valence-electron chi connectivity index (χ2n) is 4.71. The summed E-state index contributed by atoms with van der Waals surface area (Å²) in [5.41, 5.74) is 0.266. The minimum Gasteiger partial charge on any atom is -0.268 e. The van der Waals surface area contributed by atoms with E-state index < -0.39 is 15.9 Å². The number of sulfonamides is 1. The van der Waals surface area contributed by atoms with Crippen molar-refractivity contribution < 1.29 is 13.2 Å². The molecule has 0 unspecified atom stereocenters. The van der Waals surface area contributed by atoms with Gasteiger partial charge in [-0.05, 0) is 30.5 Å². The smallest absolute Gasteiger partial charge is 0.268 e. The molecule has 0 aromatic heterocycles. The highest BCUT2D eigenvalue weighted by molar-refractivity contribution is 9.10. The molecule has 98 valence electrons. The zero-order valence-corrected chi connectivity index (χ0v) is 12.6. The van der Waals surface area contributed by atoms with Gasteiger partial charge >= 0.3 is 0 Å². The second kappa shape index (κ2) is 4.66. The number of nitrogens with zero attached hydrogens (tertiary/aromatic N) is 1. The number of carbonyl (C=O) groups excluding carboxylic acids is 1. The lowest BCUT2D eigenvalue weighted by Gasteiger charge is -2.16. The first-order chi connectivity index (χ1) is 8.34. The van der Waals surface area contributed by atoms with Gasteiger partial charge in [0.1, 0.15) is 4.90 Å². The number of halogens is 1. The van der Waals surface area contributed by atoms with Crippen LogP contribution in [0.4, 0.5) is 0 Å². The zero-order valence-electron chi connectivity index (χ0n) is 10.2. The van der Waals surface area contributed by atoms with E-state index in [1.54, 1.807) is 12.1 Å². The molecule has 2 rings (SSSR count). The van der Waals surface area contributed by atoms with E-state index in [4.69, 9.17) is 0 Å². The Kier molecular flexibility index (Phi) is 3.51. The summed E-state index contributed by atoms with van der Waals surface area (Å²) in [5.74, 6) is -0.0680. The largest absolute Gasteiger partial charge is 0.269 e. The standard InChI is InChI=1S/C12H14BrNO3S/c1-8(2)5-6-14-12(15)10-4-3-9(13)7-11(10)18(14,16)17/h3-4,7-8H,5-6H2,1-2H3. The molecule has 18 heavy (non-hydrogen) atoms. The van der Waals surface area contributed by atoms with Gasteiger partial charge in [-0.1, -0.05) is 29.8 Å². The normalized spacial score (nSPS) is 17.3. The van der Waals surface area contributed by atoms with Crippen molar-refractivity contribution in [3.63, 3.8) is 0 Å². The Morgan fingerprint density at radius 1 is 1.33 bits per heavy atom. The third-order valence-corrected chi connectivity index (χ3v) is 5.19. The molecular weight excluding hydrogens is 318 g/mol. The molecule has 1 heterocycles. The quantitative estimate of drug-likeness (QED) is 0.855. The van der Waals surface area contributed by atoms with Gasteiger partial charge in [0.2, 0.25) is 0 Å². The average molecular weight is 332 g/mol. The lowest BCUT2D eigenvalue weighted by molar-refractivity contribution is 0.0867. The van der Waals surface area contributed by atoms with Crippen molar-refractivity contribution >= 4 is 31.9 Å². The zero-order chi connectivity index (χ0) is 13.5. The van der Waals surface area contributed by atoms with Crippen LogP contribution in [0.5, 0.6) is 0 Å². The summed E-state index contributed by atoms with van der Waals surface area (Å²) in [6.45, 7) is 4.24. The third-order valence-electron chi connectivity index (χ3n) is 2.88. The maximum absolute atomic E-state index is 12.2. The van der Waals surface area contributed by atoms with E-state index in [2.05, 4.69) is 15.9 Å². The number of benzene rings is 1. The highest BCUT2D eigenvalue weighted by Gasteiger charge is 2.40. The topological polar surface area (TPSA) is 54.5 Å². The van der Waals surface area contributed by atoms with E-state index in [0.717, 1.165) is 4.31 Å². The van der Waals surface area contributed by atoms with Gasteiger partial charge in [-0.25, -0.2) is 12.7 Å². The van der Waals surface area contributed by atoms with Gasteiger partial charge in [0.15, 0.2) is 0 Å². The summed E-state index contributed by atoms with van der Waals surface area (Å²) in [6.07, 6.45) is 0.667. The van der Waals surface area contributed by atoms with E-state index in [1.165, 1.54) is 6.07 Å². The Hall–Kier alpha value is -0.880. The second-order valence-corrected chi connectivity index (χ2v) is 7.45. The van der Waals surface area contributed by atoms with Gasteiger partial charge in [-0.3, -0.25) is 4.79 Å². The molecule has 0 saturated heterocycles. The van der Waals surface area contributed by atoms with Crippen LogP contribution >= 0.6 is 15.9 Å². The monoisotopic (exact) mass is 331 g/mol. The summed E-state index contributed by atoms with van der Waals surface area (Å²) >= 11 is 3.22. The van der Waals surface area contributed by atoms with Crippen LogP contribution in [0, 0.1) is 5.92 Å². The van der Waals surface area contributed by atoms with Crippen molar-refractivity contribution in [1.82, 2.24) is 4.31 Å². The van der Waals surface area contributed by atoms with Crippen molar-refractivity contribution in [3.8, 4) is 0 Å². The molecule has 6 heteroatoms.